The van der Waals surface area contributed by atoms with Crippen LogP contribution >= 0.6 is 15.9 Å². The molecule has 4 nitrogen and oxygen atoms in total. The average molecular weight is 266 g/mol. The maximum absolute atomic E-state index is 11.3. The van der Waals surface area contributed by atoms with Crippen LogP contribution in [0.25, 0.3) is 0 Å². The Morgan fingerprint density at radius 2 is 1.77 bits per heavy atom. The predicted octanol–water partition coefficient (Wildman–Crippen LogP) is 0.457. The van der Waals surface area contributed by atoms with Crippen molar-refractivity contribution in [3.63, 3.8) is 0 Å². The zero-order chi connectivity index (χ0) is 10.1. The molecule has 1 atom stereocenters. The van der Waals surface area contributed by atoms with Crippen molar-refractivity contribution in [2.45, 2.75) is 10.5 Å². The van der Waals surface area contributed by atoms with Crippen LogP contribution in [0.1, 0.15) is 0 Å². The molecule has 1 aromatic carbocycles. The smallest absolute Gasteiger partial charge is 0.218 e. The Balaban J connectivity index is 3.17. The van der Waals surface area contributed by atoms with E-state index < -0.39 is 15.4 Å². The summed E-state index contributed by atoms with van der Waals surface area (Å²) in [7, 11) is -3.78. The normalized spacial score (nSPS) is 14.1. The molecule has 0 aliphatic carbocycles. The molecular weight excluding hydrogens is 258 g/mol. The van der Waals surface area contributed by atoms with Crippen LogP contribution in [0.5, 0.6) is 0 Å². The van der Waals surface area contributed by atoms with E-state index in [1.807, 2.05) is 0 Å². The monoisotopic (exact) mass is 265 g/mol. The predicted molar refractivity (Wildman–Crippen MR) is 51.5 cm³/mol. The van der Waals surface area contributed by atoms with Gasteiger partial charge >= 0.3 is 0 Å². The Hall–Kier alpha value is -0.430. The third-order valence-electron chi connectivity index (χ3n) is 1.46. The average Bonchev–Trinajstić information content (AvgIpc) is 2.04. The second-order valence-electron chi connectivity index (χ2n) is 2.39. The largest absolute Gasteiger partial charge is 0.365 e. The van der Waals surface area contributed by atoms with Gasteiger partial charge < -0.3 is 5.11 Å². The summed E-state index contributed by atoms with van der Waals surface area (Å²) in [6.07, 6.45) is 0. The highest BCUT2D eigenvalue weighted by Gasteiger charge is 2.20. The molecule has 0 amide bonds. The van der Waals surface area contributed by atoms with Crippen LogP contribution in [0.15, 0.2) is 33.6 Å². The molecule has 0 saturated carbocycles. The van der Waals surface area contributed by atoms with E-state index in [4.69, 9.17) is 10.8 Å². The van der Waals surface area contributed by atoms with Gasteiger partial charge in [-0.05, 0) is 24.3 Å². The van der Waals surface area contributed by atoms with Crippen LogP contribution < -0.4 is 5.73 Å². The van der Waals surface area contributed by atoms with Crippen molar-refractivity contribution in [3.05, 3.63) is 28.7 Å². The molecular formula is C7H8BrNO3S. The molecule has 1 rings (SSSR count). The summed E-state index contributed by atoms with van der Waals surface area (Å²) in [6, 6.07) is 5.87. The van der Waals surface area contributed by atoms with Gasteiger partial charge in [-0.15, -0.1) is 0 Å². The molecule has 0 fully saturated rings. The van der Waals surface area contributed by atoms with E-state index in [9.17, 15) is 8.42 Å². The minimum Gasteiger partial charge on any atom is -0.365 e. The Bertz CT molecular complexity index is 385. The van der Waals surface area contributed by atoms with E-state index in [1.54, 1.807) is 12.1 Å². The second kappa shape index (κ2) is 3.75. The first-order valence-electron chi connectivity index (χ1n) is 3.38. The minimum atomic E-state index is -3.78. The first kappa shape index (κ1) is 10.6. The molecule has 0 aromatic heterocycles. The number of benzene rings is 1. The van der Waals surface area contributed by atoms with Gasteiger partial charge in [0, 0.05) is 4.47 Å². The maximum Gasteiger partial charge on any atom is 0.218 e. The first-order chi connectivity index (χ1) is 5.94. The van der Waals surface area contributed by atoms with Gasteiger partial charge in [0.05, 0.1) is 4.90 Å². The van der Waals surface area contributed by atoms with Crippen molar-refractivity contribution in [2.75, 3.05) is 0 Å². The lowest BCUT2D eigenvalue weighted by Gasteiger charge is -2.06. The number of rotatable bonds is 2. The van der Waals surface area contributed by atoms with Crippen LogP contribution in [-0.2, 0) is 9.84 Å². The van der Waals surface area contributed by atoms with Gasteiger partial charge in [0.15, 0.2) is 0 Å². The lowest BCUT2D eigenvalue weighted by atomic mass is 10.4. The number of hydrogen-bond donors (Lipinski definition) is 2. The highest BCUT2D eigenvalue weighted by atomic mass is 79.9. The molecule has 0 aliphatic heterocycles. The standard InChI is InChI=1S/C7H8BrNO3S/c8-5-1-3-6(4-2-5)13(11,12)7(9)10/h1-4,7,10H,9H2. The van der Waals surface area contributed by atoms with Gasteiger partial charge in [0.25, 0.3) is 0 Å². The Morgan fingerprint density at radius 1 is 1.31 bits per heavy atom. The van der Waals surface area contributed by atoms with Crippen LogP contribution in [0.4, 0.5) is 0 Å². The van der Waals surface area contributed by atoms with E-state index in [-0.39, 0.29) is 4.90 Å². The van der Waals surface area contributed by atoms with Crippen LogP contribution in [0.3, 0.4) is 0 Å². The van der Waals surface area contributed by atoms with Crippen molar-refractivity contribution in [1.29, 1.82) is 0 Å². The fourth-order valence-corrected chi connectivity index (χ4v) is 1.82. The minimum absolute atomic E-state index is 0.00528. The molecule has 13 heavy (non-hydrogen) atoms. The summed E-state index contributed by atoms with van der Waals surface area (Å²) < 4.78 is 23.3. The fraction of sp³-hybridized carbons (Fsp3) is 0.143. The number of halogens is 1. The van der Waals surface area contributed by atoms with E-state index in [0.29, 0.717) is 0 Å². The maximum atomic E-state index is 11.3. The Morgan fingerprint density at radius 3 is 2.15 bits per heavy atom. The number of aliphatic hydroxyl groups excluding tert-OH is 1. The highest BCUT2D eigenvalue weighted by Crippen LogP contribution is 2.16. The zero-order valence-corrected chi connectivity index (χ0v) is 8.92. The molecule has 6 heteroatoms. The lowest BCUT2D eigenvalue weighted by molar-refractivity contribution is 0.257. The number of aliphatic hydroxyl groups is 1. The van der Waals surface area contributed by atoms with Crippen molar-refractivity contribution in [2.24, 2.45) is 5.73 Å². The van der Waals surface area contributed by atoms with Gasteiger partial charge in [0.2, 0.25) is 15.4 Å². The summed E-state index contributed by atoms with van der Waals surface area (Å²) in [6.45, 7) is 0. The fourth-order valence-electron chi connectivity index (χ4n) is 0.764. The molecule has 0 heterocycles. The van der Waals surface area contributed by atoms with Crippen molar-refractivity contribution in [1.82, 2.24) is 0 Å². The Kier molecular flexibility index (Phi) is 3.07. The molecule has 0 bridgehead atoms. The van der Waals surface area contributed by atoms with E-state index >= 15 is 0 Å². The van der Waals surface area contributed by atoms with Gasteiger partial charge in [0.1, 0.15) is 0 Å². The van der Waals surface area contributed by atoms with Crippen molar-refractivity contribution < 1.29 is 13.5 Å². The van der Waals surface area contributed by atoms with E-state index in [2.05, 4.69) is 15.9 Å². The van der Waals surface area contributed by atoms with Gasteiger partial charge in [-0.25, -0.2) is 8.42 Å². The van der Waals surface area contributed by atoms with Crippen LogP contribution in [0.2, 0.25) is 0 Å². The number of hydrogen-bond acceptors (Lipinski definition) is 4. The number of nitrogens with two attached hydrogens (primary N) is 1. The summed E-state index contributed by atoms with van der Waals surface area (Å²) in [4.78, 5) is 0.00528. The zero-order valence-electron chi connectivity index (χ0n) is 6.51. The molecule has 0 spiro atoms. The van der Waals surface area contributed by atoms with Gasteiger partial charge in [-0.3, -0.25) is 5.73 Å². The quantitative estimate of drug-likeness (QED) is 0.762. The third-order valence-corrected chi connectivity index (χ3v) is 3.55. The van der Waals surface area contributed by atoms with E-state index in [1.165, 1.54) is 12.1 Å². The molecule has 3 N–H and O–H groups in total. The molecule has 0 saturated heterocycles. The van der Waals surface area contributed by atoms with Gasteiger partial charge in [-0.2, -0.15) is 0 Å². The van der Waals surface area contributed by atoms with Gasteiger partial charge in [-0.1, -0.05) is 15.9 Å². The van der Waals surface area contributed by atoms with Crippen LogP contribution in [0, 0.1) is 0 Å². The molecule has 1 aromatic rings. The second-order valence-corrected chi connectivity index (χ2v) is 5.35. The number of sulfone groups is 1. The highest BCUT2D eigenvalue weighted by molar-refractivity contribution is 9.10. The molecule has 72 valence electrons. The van der Waals surface area contributed by atoms with Crippen molar-refractivity contribution >= 4 is 25.8 Å². The molecule has 0 aliphatic rings. The SMILES string of the molecule is NC(O)S(=O)(=O)c1ccc(Br)cc1. The molecule has 0 radical (unpaired) electrons. The summed E-state index contributed by atoms with van der Waals surface area (Å²) >= 11 is 3.16. The summed E-state index contributed by atoms with van der Waals surface area (Å²) in [5, 5.41) is 8.78. The van der Waals surface area contributed by atoms with Crippen molar-refractivity contribution in [3.8, 4) is 0 Å². The third kappa shape index (κ3) is 2.28. The summed E-state index contributed by atoms with van der Waals surface area (Å²) in [5.41, 5.74) is 3.03. The van der Waals surface area contributed by atoms with Crippen LogP contribution in [-0.4, -0.2) is 19.1 Å². The Labute approximate surface area is 84.4 Å². The van der Waals surface area contributed by atoms with E-state index in [0.717, 1.165) is 4.47 Å². The first-order valence-corrected chi connectivity index (χ1v) is 5.71. The summed E-state index contributed by atoms with van der Waals surface area (Å²) in [5.74, 6) is 0. The lowest BCUT2D eigenvalue weighted by Crippen LogP contribution is -2.29. The molecule has 1 unspecified atom stereocenters. The topological polar surface area (TPSA) is 80.4 Å².